The zero-order valence-corrected chi connectivity index (χ0v) is 29.7. The van der Waals surface area contributed by atoms with Gasteiger partial charge < -0.3 is 30.4 Å². The standard InChI is InChI=1S/C48H32N2O6/c51-39-25-37(49(33-15-3-1-4-16-33)35-21-19-29-11-7-9-13-31(29)23-35)26-40(52)43(39)45-47(55)46(48(45)56)44-41(53)27-38(28-42(44)54)50(34-17-5-2-6-18-34)36-22-20-30-12-8-10-14-32(30)24-36/h1-28H,(H4,51,52,53,54,55,56)/p+1. The van der Waals surface area contributed by atoms with Gasteiger partial charge in [-0.05, 0) is 51.9 Å². The predicted molar refractivity (Wildman–Crippen MR) is 222 cm³/mol. The van der Waals surface area contributed by atoms with Crippen LogP contribution in [0.4, 0.5) is 28.4 Å². The number of fused-ring (bicyclic) bond motifs is 2. The molecule has 9 rings (SSSR count). The zero-order chi connectivity index (χ0) is 38.5. The zero-order valence-electron chi connectivity index (χ0n) is 29.7. The molecule has 0 atom stereocenters. The van der Waals surface area contributed by atoms with E-state index in [-0.39, 0.29) is 22.3 Å². The number of carbonyl (C=O) groups is 1. The highest BCUT2D eigenvalue weighted by molar-refractivity contribution is 6.40. The molecule has 0 aromatic heterocycles. The fourth-order valence-electron chi connectivity index (χ4n) is 7.51. The Labute approximate surface area is 321 Å². The highest BCUT2D eigenvalue weighted by Crippen LogP contribution is 2.49. The third-order valence-electron chi connectivity index (χ3n) is 10.1. The Morgan fingerprint density at radius 3 is 1.57 bits per heavy atom. The van der Waals surface area contributed by atoms with E-state index >= 15 is 0 Å². The van der Waals surface area contributed by atoms with Gasteiger partial charge in [0.15, 0.2) is 0 Å². The van der Waals surface area contributed by atoms with Crippen molar-refractivity contribution in [3.8, 4) is 11.5 Å². The third-order valence-corrected chi connectivity index (χ3v) is 10.1. The lowest BCUT2D eigenvalue weighted by Crippen LogP contribution is -2.26. The van der Waals surface area contributed by atoms with E-state index in [1.54, 1.807) is 0 Å². The Hall–Kier alpha value is -7.84. The van der Waals surface area contributed by atoms with Crippen LogP contribution < -0.4 is 9.48 Å². The van der Waals surface area contributed by atoms with E-state index in [1.807, 2.05) is 155 Å². The lowest BCUT2D eigenvalue weighted by molar-refractivity contribution is -0.111. The number of aromatic hydroxyl groups is 2. The second kappa shape index (κ2) is 13.5. The maximum atomic E-state index is 13.8. The first-order chi connectivity index (χ1) is 27.3. The Bertz CT molecular complexity index is 2880. The molecule has 0 unspecified atom stereocenters. The SMILES string of the molecule is O=C1C(=C2C(O)=CC(=[N+](c3ccccc3)c3ccc4ccccc4c3)C=C2O)C(O)=C1c1c(O)cc(N(c2ccccc2)c2ccc3ccccc3c2)cc1O. The van der Waals surface area contributed by atoms with Crippen LogP contribution in [0, 0.1) is 0 Å². The number of hydrogen-bond donors (Lipinski definition) is 5. The molecule has 0 aliphatic heterocycles. The van der Waals surface area contributed by atoms with Crippen LogP contribution in [0.3, 0.4) is 0 Å². The number of phenolic OH excluding ortho intramolecular Hbond substituents is 2. The van der Waals surface area contributed by atoms with Crippen molar-refractivity contribution in [2.24, 2.45) is 0 Å². The van der Waals surface area contributed by atoms with Gasteiger partial charge in [-0.25, -0.2) is 0 Å². The van der Waals surface area contributed by atoms with Gasteiger partial charge in [-0.1, -0.05) is 91.0 Å². The van der Waals surface area contributed by atoms with Crippen LogP contribution in [0.15, 0.2) is 198 Å². The summed E-state index contributed by atoms with van der Waals surface area (Å²) in [4.78, 5) is 15.7. The Kier molecular flexibility index (Phi) is 8.21. The number of ketones is 1. The van der Waals surface area contributed by atoms with Crippen LogP contribution in [0.1, 0.15) is 5.56 Å². The number of benzene rings is 7. The molecule has 0 fully saturated rings. The van der Waals surface area contributed by atoms with Crippen LogP contribution >= 0.6 is 0 Å². The minimum Gasteiger partial charge on any atom is -0.507 e. The minimum atomic E-state index is -0.775. The average molecular weight is 734 g/mol. The smallest absolute Gasteiger partial charge is 0.219 e. The Morgan fingerprint density at radius 2 is 0.964 bits per heavy atom. The van der Waals surface area contributed by atoms with Crippen LogP contribution in [-0.2, 0) is 4.79 Å². The fourth-order valence-corrected chi connectivity index (χ4v) is 7.51. The summed E-state index contributed by atoms with van der Waals surface area (Å²) in [6, 6.07) is 49.4. The normalized spacial score (nSPS) is 14.1. The summed E-state index contributed by atoms with van der Waals surface area (Å²) in [6.45, 7) is 0. The lowest BCUT2D eigenvalue weighted by Gasteiger charge is -2.28. The van der Waals surface area contributed by atoms with E-state index in [2.05, 4.69) is 0 Å². The van der Waals surface area contributed by atoms with E-state index in [0.29, 0.717) is 11.4 Å². The molecule has 0 bridgehead atoms. The van der Waals surface area contributed by atoms with Crippen molar-refractivity contribution in [3.05, 3.63) is 204 Å². The van der Waals surface area contributed by atoms with E-state index < -0.39 is 34.6 Å². The summed E-state index contributed by atoms with van der Waals surface area (Å²) in [6.07, 6.45) is 2.83. The number of rotatable bonds is 6. The van der Waals surface area contributed by atoms with Crippen molar-refractivity contribution in [2.45, 2.75) is 0 Å². The first-order valence-electron chi connectivity index (χ1n) is 17.9. The quantitative estimate of drug-likeness (QED) is 0.0851. The molecule has 0 radical (unpaired) electrons. The van der Waals surface area contributed by atoms with Crippen molar-refractivity contribution >= 4 is 67.0 Å². The molecule has 0 saturated carbocycles. The van der Waals surface area contributed by atoms with Crippen LogP contribution in [0.25, 0.3) is 27.1 Å². The molecule has 8 nitrogen and oxygen atoms in total. The highest BCUT2D eigenvalue weighted by atomic mass is 16.3. The molecule has 5 N–H and O–H groups in total. The van der Waals surface area contributed by atoms with Crippen molar-refractivity contribution < 1.29 is 30.3 Å². The highest BCUT2D eigenvalue weighted by Gasteiger charge is 2.43. The fraction of sp³-hybridized carbons (Fsp3) is 0. The van der Waals surface area contributed by atoms with Gasteiger partial charge in [0, 0.05) is 47.8 Å². The van der Waals surface area contributed by atoms with Gasteiger partial charge in [0.1, 0.15) is 28.8 Å². The largest absolute Gasteiger partial charge is 0.507 e. The van der Waals surface area contributed by atoms with Gasteiger partial charge in [-0.3, -0.25) is 4.79 Å². The van der Waals surface area contributed by atoms with Crippen molar-refractivity contribution in [2.75, 3.05) is 4.90 Å². The number of anilines is 3. The van der Waals surface area contributed by atoms with Gasteiger partial charge in [0.05, 0.1) is 40.1 Å². The number of allylic oxidation sites excluding steroid dienone is 4. The monoisotopic (exact) mass is 733 g/mol. The number of nitrogens with zero attached hydrogens (tertiary/aromatic N) is 2. The van der Waals surface area contributed by atoms with Gasteiger partial charge in [0.25, 0.3) is 0 Å². The second-order valence-corrected chi connectivity index (χ2v) is 13.6. The molecule has 270 valence electrons. The Balaban J connectivity index is 1.12. The van der Waals surface area contributed by atoms with Crippen LogP contribution in [0.2, 0.25) is 0 Å². The molecule has 0 amide bonds. The Morgan fingerprint density at radius 1 is 0.429 bits per heavy atom. The maximum Gasteiger partial charge on any atom is 0.219 e. The number of carbonyl (C=O) groups excluding carboxylic acids is 1. The van der Waals surface area contributed by atoms with Crippen LogP contribution in [-0.4, -0.2) is 37.0 Å². The summed E-state index contributed by atoms with van der Waals surface area (Å²) in [7, 11) is 0. The third kappa shape index (κ3) is 5.73. The van der Waals surface area contributed by atoms with E-state index in [1.165, 1.54) is 24.3 Å². The first kappa shape index (κ1) is 34.0. The molecule has 7 aromatic rings. The van der Waals surface area contributed by atoms with Crippen molar-refractivity contribution in [3.63, 3.8) is 0 Å². The minimum absolute atomic E-state index is 0.270. The maximum absolute atomic E-state index is 13.8. The lowest BCUT2D eigenvalue weighted by atomic mass is 9.78. The summed E-state index contributed by atoms with van der Waals surface area (Å²) in [5.41, 5.74) is 2.62. The van der Waals surface area contributed by atoms with E-state index in [0.717, 1.165) is 44.3 Å². The average Bonchev–Trinajstić information content (AvgIpc) is 3.21. The van der Waals surface area contributed by atoms with Crippen LogP contribution in [0.5, 0.6) is 11.5 Å². The summed E-state index contributed by atoms with van der Waals surface area (Å²) >= 11 is 0. The summed E-state index contributed by atoms with van der Waals surface area (Å²) < 4.78 is 1.86. The molecule has 2 aliphatic carbocycles. The molecular formula is C48H33N2O6+. The van der Waals surface area contributed by atoms with Gasteiger partial charge in [0.2, 0.25) is 22.9 Å². The number of hydrogen-bond acceptors (Lipinski definition) is 7. The molecule has 2 aliphatic rings. The molecule has 0 spiro atoms. The molecule has 0 saturated heterocycles. The topological polar surface area (TPSA) is 124 Å². The van der Waals surface area contributed by atoms with Gasteiger partial charge in [-0.15, -0.1) is 0 Å². The van der Waals surface area contributed by atoms with Crippen molar-refractivity contribution in [1.82, 2.24) is 4.58 Å². The number of aliphatic hydroxyl groups is 3. The van der Waals surface area contributed by atoms with Gasteiger partial charge in [-0.2, -0.15) is 4.58 Å². The second-order valence-electron chi connectivity index (χ2n) is 13.6. The summed E-state index contributed by atoms with van der Waals surface area (Å²) in [5.74, 6) is -3.16. The predicted octanol–water partition coefficient (Wildman–Crippen LogP) is 10.9. The van der Waals surface area contributed by atoms with Gasteiger partial charge >= 0.3 is 0 Å². The van der Waals surface area contributed by atoms with Crippen molar-refractivity contribution in [1.29, 1.82) is 0 Å². The number of phenols is 2. The van der Waals surface area contributed by atoms with E-state index in [4.69, 9.17) is 0 Å². The van der Waals surface area contributed by atoms with E-state index in [9.17, 15) is 30.3 Å². The first-order valence-corrected chi connectivity index (χ1v) is 17.9. The molecule has 7 aromatic carbocycles. The molecular weight excluding hydrogens is 701 g/mol. The number of para-hydroxylation sites is 2. The molecule has 0 heterocycles. The molecule has 8 heteroatoms. The number of Topliss-reactive ketones (excluding diaryl/α,β-unsaturated/α-hetero) is 1. The molecule has 56 heavy (non-hydrogen) atoms. The summed E-state index contributed by atoms with van der Waals surface area (Å²) in [5, 5.41) is 61.1. The number of aliphatic hydroxyl groups excluding tert-OH is 3.